The van der Waals surface area contributed by atoms with E-state index in [2.05, 4.69) is 129 Å². The molecule has 0 saturated carbocycles. The maximum Gasteiger partial charge on any atom is 0.496 e. The molecule has 0 unspecified atom stereocenters. The Morgan fingerprint density at radius 2 is 1.12 bits per heavy atom. The normalized spacial score (nSPS) is 16.7. The van der Waals surface area contributed by atoms with Gasteiger partial charge in [0.25, 0.3) is 0 Å². The maximum absolute atomic E-state index is 6.72. The Kier molecular flexibility index (Phi) is 5.01. The van der Waals surface area contributed by atoms with Crippen LogP contribution in [0.5, 0.6) is 0 Å². The smallest absolute Gasteiger partial charge is 0.399 e. The highest BCUT2D eigenvalue weighted by Crippen LogP contribution is 2.46. The van der Waals surface area contributed by atoms with Gasteiger partial charge >= 0.3 is 7.12 Å². The molecule has 1 saturated heterocycles. The van der Waals surface area contributed by atoms with Crippen molar-refractivity contribution in [2.45, 2.75) is 38.9 Å². The Bertz CT molecular complexity index is 2320. The summed E-state index contributed by atoms with van der Waals surface area (Å²) in [6.07, 6.45) is 0. The van der Waals surface area contributed by atoms with Crippen LogP contribution in [0.2, 0.25) is 0 Å². The molecular formula is C36H28BNO2S2. The Labute approximate surface area is 252 Å². The third-order valence-corrected chi connectivity index (χ3v) is 11.8. The van der Waals surface area contributed by atoms with E-state index in [4.69, 9.17) is 9.31 Å². The molecule has 9 rings (SSSR count). The van der Waals surface area contributed by atoms with E-state index in [0.717, 1.165) is 11.2 Å². The zero-order valence-corrected chi connectivity index (χ0v) is 25.5. The summed E-state index contributed by atoms with van der Waals surface area (Å²) >= 11 is 3.72. The van der Waals surface area contributed by atoms with Crippen LogP contribution < -0.4 is 5.46 Å². The van der Waals surface area contributed by atoms with Gasteiger partial charge in [-0.1, -0.05) is 54.6 Å². The van der Waals surface area contributed by atoms with Crippen LogP contribution in [0, 0.1) is 0 Å². The molecule has 3 nitrogen and oxygen atoms in total. The van der Waals surface area contributed by atoms with Gasteiger partial charge < -0.3 is 13.9 Å². The zero-order chi connectivity index (χ0) is 28.4. The molecule has 0 spiro atoms. The van der Waals surface area contributed by atoms with E-state index in [0.29, 0.717) is 0 Å². The van der Waals surface area contributed by atoms with Crippen molar-refractivity contribution in [3.05, 3.63) is 97.1 Å². The Morgan fingerprint density at radius 1 is 0.571 bits per heavy atom. The van der Waals surface area contributed by atoms with Gasteiger partial charge in [0.15, 0.2) is 0 Å². The summed E-state index contributed by atoms with van der Waals surface area (Å²) in [5.41, 5.74) is 3.76. The van der Waals surface area contributed by atoms with Gasteiger partial charge in [0, 0.05) is 62.3 Å². The number of benzene rings is 5. The number of nitrogens with zero attached hydrogens (tertiary/aromatic N) is 1. The van der Waals surface area contributed by atoms with Crippen LogP contribution in [-0.4, -0.2) is 22.9 Å². The van der Waals surface area contributed by atoms with Crippen LogP contribution in [0.1, 0.15) is 27.7 Å². The molecule has 1 aliphatic rings. The quantitative estimate of drug-likeness (QED) is 0.190. The van der Waals surface area contributed by atoms with Gasteiger partial charge in [0.05, 0.1) is 22.2 Å². The summed E-state index contributed by atoms with van der Waals surface area (Å²) < 4.78 is 21.0. The van der Waals surface area contributed by atoms with Crippen LogP contribution in [0.25, 0.3) is 67.8 Å². The van der Waals surface area contributed by atoms with Crippen LogP contribution in [0.4, 0.5) is 0 Å². The van der Waals surface area contributed by atoms with E-state index < -0.39 is 18.3 Å². The minimum atomic E-state index is -0.465. The predicted octanol–water partition coefficient (Wildman–Crippen LogP) is 9.82. The van der Waals surface area contributed by atoms with Crippen molar-refractivity contribution in [2.24, 2.45) is 0 Å². The van der Waals surface area contributed by atoms with Crippen molar-refractivity contribution in [2.75, 3.05) is 0 Å². The van der Waals surface area contributed by atoms with Gasteiger partial charge in [-0.15, -0.1) is 22.7 Å². The average Bonchev–Trinajstić information content (AvgIpc) is 3.69. The highest BCUT2D eigenvalue weighted by molar-refractivity contribution is 7.28. The van der Waals surface area contributed by atoms with Crippen molar-refractivity contribution >= 4 is 97.4 Å². The number of aromatic nitrogens is 1. The van der Waals surface area contributed by atoms with E-state index in [1.54, 1.807) is 0 Å². The van der Waals surface area contributed by atoms with Crippen molar-refractivity contribution < 1.29 is 9.31 Å². The molecule has 1 aliphatic heterocycles. The summed E-state index contributed by atoms with van der Waals surface area (Å²) in [4.78, 5) is 0. The molecule has 42 heavy (non-hydrogen) atoms. The summed E-state index contributed by atoms with van der Waals surface area (Å²) in [6, 6.07) is 35.5. The number of fused-ring (bicyclic) bond motifs is 10. The standard InChI is InChI=1S/C36H28BNO2S2/c1-35(2)36(3,4)40-37(39-35)26-20-21(38-27-14-8-5-11-22(27)23-12-6-9-15-28(23)38)19-25-33-31(42-34(25)26)18-17-30-32(33)24-13-7-10-16-29(24)41-30/h5-20H,1-4H3. The van der Waals surface area contributed by atoms with Crippen LogP contribution >= 0.6 is 22.7 Å². The number of thiophene rings is 2. The number of para-hydroxylation sites is 2. The first kappa shape index (κ1) is 24.9. The van der Waals surface area contributed by atoms with E-state index in [1.807, 2.05) is 22.7 Å². The van der Waals surface area contributed by atoms with Crippen molar-refractivity contribution in [1.29, 1.82) is 0 Å². The predicted molar refractivity (Wildman–Crippen MR) is 182 cm³/mol. The Hall–Kier alpha value is -3.68. The second kappa shape index (κ2) is 8.45. The Balaban J connectivity index is 1.44. The van der Waals surface area contributed by atoms with Crippen molar-refractivity contribution in [1.82, 2.24) is 4.57 Å². The minimum absolute atomic E-state index is 0.430. The third-order valence-electron chi connectivity index (χ3n) is 9.43. The van der Waals surface area contributed by atoms with E-state index in [-0.39, 0.29) is 0 Å². The molecule has 4 heterocycles. The first-order valence-corrected chi connectivity index (χ1v) is 16.1. The highest BCUT2D eigenvalue weighted by atomic mass is 32.1. The number of hydrogen-bond donors (Lipinski definition) is 0. The molecule has 0 bridgehead atoms. The lowest BCUT2D eigenvalue weighted by atomic mass is 9.78. The fraction of sp³-hybridized carbons (Fsp3) is 0.167. The Morgan fingerprint density at radius 3 is 1.79 bits per heavy atom. The van der Waals surface area contributed by atoms with Gasteiger partial charge in [-0.2, -0.15) is 0 Å². The summed E-state index contributed by atoms with van der Waals surface area (Å²) in [5.74, 6) is 0. The molecule has 0 radical (unpaired) electrons. The first-order valence-electron chi connectivity index (χ1n) is 14.5. The van der Waals surface area contributed by atoms with Gasteiger partial charge in [-0.3, -0.25) is 0 Å². The molecule has 0 amide bonds. The molecule has 0 aliphatic carbocycles. The van der Waals surface area contributed by atoms with Gasteiger partial charge in [0.2, 0.25) is 0 Å². The second-order valence-electron chi connectivity index (χ2n) is 12.4. The lowest BCUT2D eigenvalue weighted by molar-refractivity contribution is 0.00578. The molecule has 3 aromatic heterocycles. The molecule has 1 fully saturated rings. The molecule has 5 aromatic carbocycles. The fourth-order valence-electron chi connectivity index (χ4n) is 6.67. The van der Waals surface area contributed by atoms with Gasteiger partial charge in [-0.25, -0.2) is 0 Å². The summed E-state index contributed by atoms with van der Waals surface area (Å²) in [7, 11) is -0.465. The fourth-order valence-corrected chi connectivity index (χ4v) is 9.00. The number of rotatable bonds is 2. The third kappa shape index (κ3) is 3.29. The summed E-state index contributed by atoms with van der Waals surface area (Å²) in [6.45, 7) is 8.53. The zero-order valence-electron chi connectivity index (χ0n) is 23.9. The minimum Gasteiger partial charge on any atom is -0.399 e. The monoisotopic (exact) mass is 581 g/mol. The lowest BCUT2D eigenvalue weighted by Gasteiger charge is -2.32. The largest absolute Gasteiger partial charge is 0.496 e. The molecule has 0 atom stereocenters. The molecule has 0 N–H and O–H groups in total. The van der Waals surface area contributed by atoms with E-state index >= 15 is 0 Å². The molecule has 204 valence electrons. The SMILES string of the molecule is CC1(C)OB(c2cc(-n3c4ccccc4c4ccccc43)cc3c2sc2ccc4sc5ccccc5c4c23)OC1(C)C. The van der Waals surface area contributed by atoms with Crippen LogP contribution in [0.15, 0.2) is 97.1 Å². The van der Waals surface area contributed by atoms with Crippen molar-refractivity contribution in [3.63, 3.8) is 0 Å². The van der Waals surface area contributed by atoms with Gasteiger partial charge in [-0.05, 0) is 70.2 Å². The van der Waals surface area contributed by atoms with Crippen molar-refractivity contribution in [3.8, 4) is 5.69 Å². The molecule has 6 heteroatoms. The maximum atomic E-state index is 6.72. The van der Waals surface area contributed by atoms with E-state index in [9.17, 15) is 0 Å². The topological polar surface area (TPSA) is 23.4 Å². The van der Waals surface area contributed by atoms with Gasteiger partial charge in [0.1, 0.15) is 0 Å². The van der Waals surface area contributed by atoms with Crippen LogP contribution in [-0.2, 0) is 9.31 Å². The highest BCUT2D eigenvalue weighted by Gasteiger charge is 2.52. The molecular weight excluding hydrogens is 553 g/mol. The first-order chi connectivity index (χ1) is 20.3. The average molecular weight is 582 g/mol. The van der Waals surface area contributed by atoms with Crippen LogP contribution in [0.3, 0.4) is 0 Å². The second-order valence-corrected chi connectivity index (χ2v) is 14.5. The van der Waals surface area contributed by atoms with E-state index in [1.165, 1.54) is 62.2 Å². The molecule has 8 aromatic rings. The lowest BCUT2D eigenvalue weighted by Crippen LogP contribution is -2.41. The number of hydrogen-bond acceptors (Lipinski definition) is 4. The summed E-state index contributed by atoms with van der Waals surface area (Å²) in [5, 5.41) is 7.76.